The van der Waals surface area contributed by atoms with E-state index in [1.54, 1.807) is 13.8 Å². The first kappa shape index (κ1) is 19.3. The lowest BCUT2D eigenvalue weighted by Crippen LogP contribution is -2.47. The molecule has 0 spiro atoms. The zero-order valence-electron chi connectivity index (χ0n) is 15.1. The molecule has 0 aliphatic carbocycles. The number of rotatable bonds is 5. The van der Waals surface area contributed by atoms with Crippen molar-refractivity contribution in [1.29, 1.82) is 5.41 Å². The van der Waals surface area contributed by atoms with Crippen molar-refractivity contribution in [2.24, 2.45) is 11.8 Å². The summed E-state index contributed by atoms with van der Waals surface area (Å²) in [6.07, 6.45) is 0.106. The van der Waals surface area contributed by atoms with E-state index < -0.39 is 23.2 Å². The van der Waals surface area contributed by atoms with Gasteiger partial charge in [-0.25, -0.2) is 4.98 Å². The van der Waals surface area contributed by atoms with Crippen LogP contribution < -0.4 is 10.6 Å². The number of nitrogens with one attached hydrogen (secondary N) is 3. The first-order valence-corrected chi connectivity index (χ1v) is 8.72. The van der Waals surface area contributed by atoms with E-state index in [1.807, 2.05) is 0 Å². The minimum atomic E-state index is -4.49. The van der Waals surface area contributed by atoms with Gasteiger partial charge in [-0.2, -0.15) is 13.2 Å². The monoisotopic (exact) mass is 381 g/mol. The largest absolute Gasteiger partial charge is 0.418 e. The fourth-order valence-electron chi connectivity index (χ4n) is 3.58. The summed E-state index contributed by atoms with van der Waals surface area (Å²) in [7, 11) is 0. The van der Waals surface area contributed by atoms with Crippen LogP contribution in [0.15, 0.2) is 24.5 Å². The highest BCUT2D eigenvalue weighted by atomic mass is 19.4. The molecule has 0 aromatic carbocycles. The highest BCUT2D eigenvalue weighted by Gasteiger charge is 2.37. The van der Waals surface area contributed by atoms with Crippen molar-refractivity contribution in [2.75, 3.05) is 13.1 Å². The van der Waals surface area contributed by atoms with Crippen molar-refractivity contribution in [3.63, 3.8) is 0 Å². The fraction of sp³-hybridized carbons (Fsp3) is 0.500. The quantitative estimate of drug-likeness (QED) is 0.697. The van der Waals surface area contributed by atoms with E-state index in [2.05, 4.69) is 15.6 Å². The normalized spacial score (nSPS) is 19.2. The van der Waals surface area contributed by atoms with Gasteiger partial charge in [0.25, 0.3) is 0 Å². The summed E-state index contributed by atoms with van der Waals surface area (Å²) in [6, 6.07) is 2.31. The molecule has 0 unspecified atom stereocenters. The lowest BCUT2D eigenvalue weighted by Gasteiger charge is -2.28. The number of hydrogen-bond acceptors (Lipinski definition) is 4. The number of amides is 1. The van der Waals surface area contributed by atoms with Gasteiger partial charge in [0.2, 0.25) is 5.91 Å². The number of nitrogens with zero attached hydrogens (tertiary/aromatic N) is 2. The van der Waals surface area contributed by atoms with Gasteiger partial charge >= 0.3 is 6.18 Å². The number of carbonyl (C=O) groups excluding carboxylic acids is 1. The second-order valence-electron chi connectivity index (χ2n) is 7.32. The Morgan fingerprint density at radius 2 is 2.22 bits per heavy atom. The number of pyridine rings is 1. The van der Waals surface area contributed by atoms with Gasteiger partial charge in [0.05, 0.1) is 28.7 Å². The molecule has 0 saturated carbocycles. The summed E-state index contributed by atoms with van der Waals surface area (Å²) in [5.41, 5.74) is -1.85. The summed E-state index contributed by atoms with van der Waals surface area (Å²) < 4.78 is 41.0. The molecular formula is C18H22F3N5O. The molecule has 0 bridgehead atoms. The van der Waals surface area contributed by atoms with Gasteiger partial charge in [-0.1, -0.05) is 0 Å². The number of fused-ring (bicyclic) bond motifs is 1. The summed E-state index contributed by atoms with van der Waals surface area (Å²) in [5, 5.41) is 13.6. The third-order valence-electron chi connectivity index (χ3n) is 4.96. The van der Waals surface area contributed by atoms with Gasteiger partial charge in [0, 0.05) is 12.4 Å². The van der Waals surface area contributed by atoms with E-state index in [1.165, 1.54) is 22.9 Å². The molecule has 0 radical (unpaired) electrons. The standard InChI is InChI=1S/C18H22F3N5O/c1-17(2,25-15(27)12(8-22)11-5-6-23-9-11)16-24-10-14-13(18(19,20)21)4-3-7-26(14)16/h3-4,7-8,10-12,22-23H,5-6,9H2,1-2H3,(H,25,27)/t11-,12+/m1/s1. The Hall–Kier alpha value is -2.42. The first-order valence-electron chi connectivity index (χ1n) is 8.72. The zero-order valence-corrected chi connectivity index (χ0v) is 15.1. The van der Waals surface area contributed by atoms with Gasteiger partial charge < -0.3 is 20.4 Å². The number of halogens is 3. The lowest BCUT2D eigenvalue weighted by molar-refractivity contribution is -0.136. The lowest BCUT2D eigenvalue weighted by atomic mass is 9.90. The van der Waals surface area contributed by atoms with Crippen molar-refractivity contribution in [3.8, 4) is 0 Å². The fourth-order valence-corrected chi connectivity index (χ4v) is 3.58. The predicted octanol–water partition coefficient (Wildman–Crippen LogP) is 2.58. The Labute approximate surface area is 154 Å². The van der Waals surface area contributed by atoms with Crippen molar-refractivity contribution < 1.29 is 18.0 Å². The minimum absolute atomic E-state index is 0.0344. The van der Waals surface area contributed by atoms with Gasteiger partial charge in [0.1, 0.15) is 5.82 Å². The van der Waals surface area contributed by atoms with Crippen LogP contribution in [-0.4, -0.2) is 34.6 Å². The second kappa shape index (κ2) is 6.95. The SMILES string of the molecule is CC(C)(NC(=O)[C@@H](C=N)[C@@H]1CCNC1)c1ncc2c(C(F)(F)F)cccn12. The van der Waals surface area contributed by atoms with Crippen LogP contribution in [0, 0.1) is 17.2 Å². The molecule has 1 aliphatic rings. The Bertz CT molecular complexity index is 852. The highest BCUT2D eigenvalue weighted by Crippen LogP contribution is 2.34. The van der Waals surface area contributed by atoms with E-state index in [0.717, 1.165) is 25.2 Å². The second-order valence-corrected chi connectivity index (χ2v) is 7.32. The maximum atomic E-state index is 13.2. The van der Waals surface area contributed by atoms with E-state index in [0.29, 0.717) is 12.4 Å². The number of aromatic nitrogens is 2. The van der Waals surface area contributed by atoms with Crippen molar-refractivity contribution in [2.45, 2.75) is 32.0 Å². The molecule has 3 heterocycles. The van der Waals surface area contributed by atoms with Crippen LogP contribution in [0.2, 0.25) is 0 Å². The van der Waals surface area contributed by atoms with Crippen LogP contribution in [0.4, 0.5) is 13.2 Å². The van der Waals surface area contributed by atoms with Crippen molar-refractivity contribution >= 4 is 17.6 Å². The zero-order chi connectivity index (χ0) is 19.8. The van der Waals surface area contributed by atoms with Crippen molar-refractivity contribution in [3.05, 3.63) is 35.9 Å². The van der Waals surface area contributed by atoms with E-state index in [9.17, 15) is 18.0 Å². The maximum absolute atomic E-state index is 13.2. The van der Waals surface area contributed by atoms with Crippen LogP contribution in [-0.2, 0) is 16.5 Å². The Morgan fingerprint density at radius 3 is 2.81 bits per heavy atom. The highest BCUT2D eigenvalue weighted by molar-refractivity contribution is 5.93. The Kier molecular flexibility index (Phi) is 4.98. The van der Waals surface area contributed by atoms with Gasteiger partial charge in [-0.05, 0) is 51.4 Å². The predicted molar refractivity (Wildman–Crippen MR) is 94.6 cm³/mol. The third kappa shape index (κ3) is 3.69. The molecule has 2 atom stereocenters. The molecule has 1 amide bonds. The van der Waals surface area contributed by atoms with Gasteiger partial charge in [0.15, 0.2) is 0 Å². The molecule has 2 aromatic heterocycles. The summed E-state index contributed by atoms with van der Waals surface area (Å²) in [4.78, 5) is 16.9. The van der Waals surface area contributed by atoms with Crippen LogP contribution in [0.5, 0.6) is 0 Å². The summed E-state index contributed by atoms with van der Waals surface area (Å²) in [6.45, 7) is 4.84. The molecule has 2 aromatic rings. The topological polar surface area (TPSA) is 82.3 Å². The number of imidazole rings is 1. The van der Waals surface area contributed by atoms with E-state index in [-0.39, 0.29) is 17.3 Å². The average molecular weight is 381 g/mol. The molecule has 3 rings (SSSR count). The summed E-state index contributed by atoms with van der Waals surface area (Å²) >= 11 is 0. The number of alkyl halides is 3. The minimum Gasteiger partial charge on any atom is -0.343 e. The molecular weight excluding hydrogens is 359 g/mol. The Morgan fingerprint density at radius 1 is 1.48 bits per heavy atom. The van der Waals surface area contributed by atoms with Crippen LogP contribution in [0.3, 0.4) is 0 Å². The Balaban J connectivity index is 1.90. The molecule has 1 fully saturated rings. The third-order valence-corrected chi connectivity index (χ3v) is 4.96. The molecule has 146 valence electrons. The number of hydrogen-bond donors (Lipinski definition) is 3. The van der Waals surface area contributed by atoms with E-state index in [4.69, 9.17) is 5.41 Å². The molecule has 27 heavy (non-hydrogen) atoms. The molecule has 9 heteroatoms. The average Bonchev–Trinajstić information content (AvgIpc) is 3.23. The molecule has 3 N–H and O–H groups in total. The smallest absolute Gasteiger partial charge is 0.343 e. The van der Waals surface area contributed by atoms with Gasteiger partial charge in [-0.3, -0.25) is 4.79 Å². The van der Waals surface area contributed by atoms with E-state index >= 15 is 0 Å². The van der Waals surface area contributed by atoms with Crippen LogP contribution in [0.1, 0.15) is 31.7 Å². The molecule has 1 saturated heterocycles. The van der Waals surface area contributed by atoms with Crippen LogP contribution >= 0.6 is 0 Å². The van der Waals surface area contributed by atoms with Gasteiger partial charge in [-0.15, -0.1) is 0 Å². The van der Waals surface area contributed by atoms with Crippen molar-refractivity contribution in [1.82, 2.24) is 20.0 Å². The molecule has 1 aliphatic heterocycles. The number of carbonyl (C=O) groups is 1. The molecule has 6 nitrogen and oxygen atoms in total. The first-order chi connectivity index (χ1) is 12.6. The summed E-state index contributed by atoms with van der Waals surface area (Å²) in [5.74, 6) is -0.582. The van der Waals surface area contributed by atoms with Crippen LogP contribution in [0.25, 0.3) is 5.52 Å². The maximum Gasteiger partial charge on any atom is 0.418 e.